The Morgan fingerprint density at radius 1 is 1.32 bits per heavy atom. The number of halogens is 2. The molecule has 0 aliphatic heterocycles. The van der Waals surface area contributed by atoms with Crippen LogP contribution in [0, 0.1) is 11.6 Å². The van der Waals surface area contributed by atoms with E-state index in [0.29, 0.717) is 6.61 Å². The summed E-state index contributed by atoms with van der Waals surface area (Å²) in [5.74, 6) is -2.12. The van der Waals surface area contributed by atoms with Crippen molar-refractivity contribution in [3.63, 3.8) is 0 Å². The second-order valence-corrected chi connectivity index (χ2v) is 3.86. The minimum atomic E-state index is -0.692. The quantitative estimate of drug-likeness (QED) is 0.452. The van der Waals surface area contributed by atoms with Gasteiger partial charge in [0, 0.05) is 17.7 Å². The highest BCUT2D eigenvalue weighted by Crippen LogP contribution is 2.22. The van der Waals surface area contributed by atoms with Gasteiger partial charge in [0.15, 0.2) is 11.6 Å². The first-order valence-corrected chi connectivity index (χ1v) is 5.96. The molecular formula is C14H16F2O3. The van der Waals surface area contributed by atoms with Crippen LogP contribution in [-0.4, -0.2) is 19.7 Å². The zero-order chi connectivity index (χ0) is 14.3. The molecule has 104 valence electrons. The van der Waals surface area contributed by atoms with Gasteiger partial charge in [-0.1, -0.05) is 13.3 Å². The zero-order valence-electron chi connectivity index (χ0n) is 10.9. The highest BCUT2D eigenvalue weighted by molar-refractivity contribution is 5.87. The molecule has 0 aliphatic carbocycles. The molecular weight excluding hydrogens is 254 g/mol. The molecule has 0 N–H and O–H groups in total. The van der Waals surface area contributed by atoms with E-state index in [0.717, 1.165) is 31.1 Å². The van der Waals surface area contributed by atoms with Crippen molar-refractivity contribution in [2.75, 3.05) is 13.7 Å². The van der Waals surface area contributed by atoms with Crippen LogP contribution in [0.15, 0.2) is 18.2 Å². The van der Waals surface area contributed by atoms with E-state index in [1.54, 1.807) is 0 Å². The van der Waals surface area contributed by atoms with Crippen LogP contribution >= 0.6 is 0 Å². The molecule has 3 nitrogen and oxygen atoms in total. The molecule has 0 heterocycles. The number of hydrogen-bond acceptors (Lipinski definition) is 3. The Hall–Kier alpha value is -1.91. The molecule has 0 aliphatic rings. The van der Waals surface area contributed by atoms with Gasteiger partial charge in [0.1, 0.15) is 5.82 Å². The predicted molar refractivity (Wildman–Crippen MR) is 67.8 cm³/mol. The van der Waals surface area contributed by atoms with Crippen molar-refractivity contribution in [3.05, 3.63) is 35.4 Å². The van der Waals surface area contributed by atoms with E-state index in [2.05, 4.69) is 4.74 Å². The molecule has 0 aromatic heterocycles. The summed E-state index contributed by atoms with van der Waals surface area (Å²) >= 11 is 0. The molecule has 5 heteroatoms. The minimum Gasteiger partial charge on any atom is -0.494 e. The van der Waals surface area contributed by atoms with Gasteiger partial charge >= 0.3 is 5.97 Å². The van der Waals surface area contributed by atoms with Gasteiger partial charge in [-0.05, 0) is 18.6 Å². The second kappa shape index (κ2) is 7.51. The van der Waals surface area contributed by atoms with Crippen LogP contribution in [0.1, 0.15) is 25.3 Å². The van der Waals surface area contributed by atoms with Crippen LogP contribution in [-0.2, 0) is 9.53 Å². The summed E-state index contributed by atoms with van der Waals surface area (Å²) in [7, 11) is 1.25. The van der Waals surface area contributed by atoms with Gasteiger partial charge in [0.25, 0.3) is 0 Å². The van der Waals surface area contributed by atoms with E-state index in [-0.39, 0.29) is 11.3 Å². The number of methoxy groups -OCH3 is 1. The van der Waals surface area contributed by atoms with Gasteiger partial charge in [-0.2, -0.15) is 0 Å². The molecule has 0 amide bonds. The molecule has 19 heavy (non-hydrogen) atoms. The lowest BCUT2D eigenvalue weighted by Gasteiger charge is -2.04. The zero-order valence-corrected chi connectivity index (χ0v) is 10.9. The van der Waals surface area contributed by atoms with Gasteiger partial charge in [-0.15, -0.1) is 0 Å². The first-order valence-electron chi connectivity index (χ1n) is 5.96. The Labute approximate surface area is 110 Å². The summed E-state index contributed by atoms with van der Waals surface area (Å²) < 4.78 is 36.4. The van der Waals surface area contributed by atoms with E-state index in [1.807, 2.05) is 6.92 Å². The van der Waals surface area contributed by atoms with E-state index < -0.39 is 17.6 Å². The molecule has 0 saturated heterocycles. The van der Waals surface area contributed by atoms with Crippen molar-refractivity contribution in [1.82, 2.24) is 0 Å². The lowest BCUT2D eigenvalue weighted by molar-refractivity contribution is -0.137. The van der Waals surface area contributed by atoms with Gasteiger partial charge in [0.05, 0.1) is 13.7 Å². The monoisotopic (exact) mass is 270 g/mol. The third-order valence-corrected chi connectivity index (χ3v) is 2.41. The summed E-state index contributed by atoms with van der Waals surface area (Å²) in [4.78, 5) is 11.3. The highest BCUT2D eigenvalue weighted by atomic mass is 19.1. The number of unbranched alkanes of at least 4 members (excludes halogenated alkanes) is 1. The standard InChI is InChI=1S/C14H16F2O3/c1-3-4-7-19-14(17)6-5-10-8-12(16)13(18-2)9-11(10)15/h5-6,8-9H,3-4,7H2,1-2H3/b6-5+. The van der Waals surface area contributed by atoms with Crippen molar-refractivity contribution in [2.24, 2.45) is 0 Å². The number of carbonyl (C=O) groups is 1. The number of carbonyl (C=O) groups excluding carboxylic acids is 1. The predicted octanol–water partition coefficient (Wildman–Crippen LogP) is 3.33. The number of esters is 1. The second-order valence-electron chi connectivity index (χ2n) is 3.86. The first kappa shape index (κ1) is 15.1. The average molecular weight is 270 g/mol. The van der Waals surface area contributed by atoms with Crippen LogP contribution in [0.2, 0.25) is 0 Å². The normalized spacial score (nSPS) is 10.7. The Morgan fingerprint density at radius 3 is 2.68 bits per heavy atom. The smallest absolute Gasteiger partial charge is 0.330 e. The summed E-state index contributed by atoms with van der Waals surface area (Å²) in [6.45, 7) is 2.29. The lowest BCUT2D eigenvalue weighted by atomic mass is 10.2. The van der Waals surface area contributed by atoms with Crippen LogP contribution in [0.4, 0.5) is 8.78 Å². The number of rotatable bonds is 6. The third kappa shape index (κ3) is 4.69. The maximum Gasteiger partial charge on any atom is 0.330 e. The van der Waals surface area contributed by atoms with Gasteiger partial charge in [-0.25, -0.2) is 13.6 Å². The highest BCUT2D eigenvalue weighted by Gasteiger charge is 2.08. The summed E-state index contributed by atoms with van der Waals surface area (Å²) in [5, 5.41) is 0. The van der Waals surface area contributed by atoms with Crippen molar-refractivity contribution in [1.29, 1.82) is 0 Å². The molecule has 1 rings (SSSR count). The summed E-state index contributed by atoms with van der Waals surface area (Å²) in [6.07, 6.45) is 3.92. The van der Waals surface area contributed by atoms with Crippen LogP contribution in [0.25, 0.3) is 6.08 Å². The maximum atomic E-state index is 13.5. The SMILES string of the molecule is CCCCOC(=O)/C=C/c1cc(F)c(OC)cc1F. The largest absolute Gasteiger partial charge is 0.494 e. The van der Waals surface area contributed by atoms with Crippen molar-refractivity contribution in [3.8, 4) is 5.75 Å². The van der Waals surface area contributed by atoms with Gasteiger partial charge in [-0.3, -0.25) is 0 Å². The maximum absolute atomic E-state index is 13.5. The Morgan fingerprint density at radius 2 is 2.05 bits per heavy atom. The van der Waals surface area contributed by atoms with E-state index >= 15 is 0 Å². The van der Waals surface area contributed by atoms with Gasteiger partial charge < -0.3 is 9.47 Å². The third-order valence-electron chi connectivity index (χ3n) is 2.41. The molecule has 0 saturated carbocycles. The van der Waals surface area contributed by atoms with Crippen molar-refractivity contribution < 1.29 is 23.0 Å². The first-order chi connectivity index (χ1) is 9.08. The van der Waals surface area contributed by atoms with E-state index in [1.165, 1.54) is 13.2 Å². The van der Waals surface area contributed by atoms with Crippen molar-refractivity contribution >= 4 is 12.0 Å². The van der Waals surface area contributed by atoms with Gasteiger partial charge in [0.2, 0.25) is 0 Å². The summed E-state index contributed by atoms with van der Waals surface area (Å²) in [5.41, 5.74) is -0.0364. The van der Waals surface area contributed by atoms with E-state index in [4.69, 9.17) is 4.74 Å². The Bertz CT molecular complexity index is 470. The van der Waals surface area contributed by atoms with Crippen LogP contribution < -0.4 is 4.74 Å². The number of ether oxygens (including phenoxy) is 2. The van der Waals surface area contributed by atoms with E-state index in [9.17, 15) is 13.6 Å². The topological polar surface area (TPSA) is 35.5 Å². The summed E-state index contributed by atoms with van der Waals surface area (Å²) in [6, 6.07) is 1.89. The molecule has 0 atom stereocenters. The fourth-order valence-electron chi connectivity index (χ4n) is 1.35. The molecule has 0 bridgehead atoms. The lowest BCUT2D eigenvalue weighted by Crippen LogP contribution is -2.01. The Kier molecular flexibility index (Phi) is 5.99. The fourth-order valence-corrected chi connectivity index (χ4v) is 1.35. The molecule has 0 spiro atoms. The number of hydrogen-bond donors (Lipinski definition) is 0. The number of benzene rings is 1. The molecule has 1 aromatic rings. The average Bonchev–Trinajstić information content (AvgIpc) is 2.39. The molecule has 1 aromatic carbocycles. The van der Waals surface area contributed by atoms with Crippen molar-refractivity contribution in [2.45, 2.75) is 19.8 Å². The van der Waals surface area contributed by atoms with Crippen LogP contribution in [0.3, 0.4) is 0 Å². The Balaban J connectivity index is 2.71. The molecule has 0 radical (unpaired) electrons. The minimum absolute atomic E-state index is 0.0364. The molecule has 0 unspecified atom stereocenters. The molecule has 0 fully saturated rings. The van der Waals surface area contributed by atoms with Crippen LogP contribution in [0.5, 0.6) is 5.75 Å². The fraction of sp³-hybridized carbons (Fsp3) is 0.357.